The van der Waals surface area contributed by atoms with Crippen molar-refractivity contribution >= 4 is 11.9 Å². The van der Waals surface area contributed by atoms with Crippen LogP contribution in [-0.4, -0.2) is 33.4 Å². The summed E-state index contributed by atoms with van der Waals surface area (Å²) in [4.78, 5) is 22.2. The highest BCUT2D eigenvalue weighted by Gasteiger charge is 2.30. The lowest BCUT2D eigenvalue weighted by Gasteiger charge is -2.22. The zero-order chi connectivity index (χ0) is 20.2. The van der Waals surface area contributed by atoms with Gasteiger partial charge in [0.15, 0.2) is 11.2 Å². The van der Waals surface area contributed by atoms with Gasteiger partial charge in [0.05, 0.1) is 0 Å². The quantitative estimate of drug-likeness (QED) is 0.721. The Labute approximate surface area is 157 Å². The van der Waals surface area contributed by atoms with Crippen molar-refractivity contribution in [3.63, 3.8) is 0 Å². The number of carboxylic acids is 2. The van der Waals surface area contributed by atoms with Gasteiger partial charge in [0.25, 0.3) is 0 Å². The van der Waals surface area contributed by atoms with Gasteiger partial charge in [-0.1, -0.05) is 0 Å². The van der Waals surface area contributed by atoms with Crippen molar-refractivity contribution in [2.75, 3.05) is 0 Å². The summed E-state index contributed by atoms with van der Waals surface area (Å²) in [6, 6.07) is 13.1. The fourth-order valence-corrected chi connectivity index (χ4v) is 1.96. The molecule has 0 atom stereocenters. The highest BCUT2D eigenvalue weighted by Crippen LogP contribution is 2.28. The first-order valence-corrected chi connectivity index (χ1v) is 8.22. The van der Waals surface area contributed by atoms with Crippen LogP contribution in [0.15, 0.2) is 48.5 Å². The van der Waals surface area contributed by atoms with E-state index in [4.69, 9.17) is 24.4 Å². The SMILES string of the molecule is CC(C)(Oc1ccc(Oc2ccc(OC(C)(C)C(=O)O)cc2)cc1)C(=O)O. The molecule has 0 aliphatic carbocycles. The van der Waals surface area contributed by atoms with E-state index in [9.17, 15) is 9.59 Å². The molecule has 7 heteroatoms. The van der Waals surface area contributed by atoms with Crippen molar-refractivity contribution in [2.45, 2.75) is 38.9 Å². The lowest BCUT2D eigenvalue weighted by atomic mass is 10.1. The number of hydrogen-bond acceptors (Lipinski definition) is 5. The van der Waals surface area contributed by atoms with Gasteiger partial charge in [0, 0.05) is 0 Å². The van der Waals surface area contributed by atoms with Gasteiger partial charge in [-0.2, -0.15) is 0 Å². The van der Waals surface area contributed by atoms with Gasteiger partial charge in [0.2, 0.25) is 0 Å². The molecule has 2 rings (SSSR count). The van der Waals surface area contributed by atoms with E-state index >= 15 is 0 Å². The van der Waals surface area contributed by atoms with Gasteiger partial charge in [-0.05, 0) is 76.2 Å². The Kier molecular flexibility index (Phi) is 5.64. The maximum atomic E-state index is 11.1. The highest BCUT2D eigenvalue weighted by atomic mass is 16.5. The normalized spacial score (nSPS) is 11.6. The number of hydrogen-bond donors (Lipinski definition) is 2. The number of ether oxygens (including phenoxy) is 3. The minimum Gasteiger partial charge on any atom is -0.478 e. The second kappa shape index (κ2) is 7.57. The van der Waals surface area contributed by atoms with Crippen LogP contribution in [0.5, 0.6) is 23.0 Å². The summed E-state index contributed by atoms with van der Waals surface area (Å²) >= 11 is 0. The number of carboxylic acid groups (broad SMARTS) is 2. The number of carbonyl (C=O) groups is 2. The predicted octanol–water partition coefficient (Wildman–Crippen LogP) is 3.96. The zero-order valence-corrected chi connectivity index (χ0v) is 15.6. The van der Waals surface area contributed by atoms with Crippen LogP contribution in [0.25, 0.3) is 0 Å². The molecule has 0 unspecified atom stereocenters. The molecule has 2 N–H and O–H groups in total. The fraction of sp³-hybridized carbons (Fsp3) is 0.300. The summed E-state index contributed by atoms with van der Waals surface area (Å²) in [5, 5.41) is 18.2. The van der Waals surface area contributed by atoms with E-state index in [2.05, 4.69) is 0 Å². The molecule has 0 aliphatic heterocycles. The average molecular weight is 374 g/mol. The molecule has 2 aromatic rings. The van der Waals surface area contributed by atoms with E-state index in [1.807, 2.05) is 0 Å². The first-order chi connectivity index (χ1) is 12.5. The van der Waals surface area contributed by atoms with E-state index < -0.39 is 23.1 Å². The summed E-state index contributed by atoms with van der Waals surface area (Å²) in [6.45, 7) is 5.87. The van der Waals surface area contributed by atoms with Crippen LogP contribution in [0.1, 0.15) is 27.7 Å². The Bertz CT molecular complexity index is 736. The Morgan fingerprint density at radius 3 is 1.15 bits per heavy atom. The molecule has 0 radical (unpaired) electrons. The summed E-state index contributed by atoms with van der Waals surface area (Å²) in [5.41, 5.74) is -2.66. The molecule has 144 valence electrons. The third kappa shape index (κ3) is 5.37. The smallest absolute Gasteiger partial charge is 0.347 e. The summed E-state index contributed by atoms with van der Waals surface area (Å²) < 4.78 is 16.6. The van der Waals surface area contributed by atoms with Crippen LogP contribution in [0.4, 0.5) is 0 Å². The van der Waals surface area contributed by atoms with Crippen LogP contribution in [0.2, 0.25) is 0 Å². The lowest BCUT2D eigenvalue weighted by molar-refractivity contribution is -0.152. The first-order valence-electron chi connectivity index (χ1n) is 8.22. The minimum atomic E-state index is -1.33. The molecule has 0 aliphatic rings. The van der Waals surface area contributed by atoms with Crippen LogP contribution in [0, 0.1) is 0 Å². The van der Waals surface area contributed by atoms with Crippen molar-refractivity contribution in [3.05, 3.63) is 48.5 Å². The summed E-state index contributed by atoms with van der Waals surface area (Å²) in [6.07, 6.45) is 0. The average Bonchev–Trinajstić information content (AvgIpc) is 2.57. The van der Waals surface area contributed by atoms with Crippen molar-refractivity contribution in [1.82, 2.24) is 0 Å². The standard InChI is InChI=1S/C20H22O7/c1-19(2,17(21)22)26-15-9-5-13(6-10-15)25-14-7-11-16(12-8-14)27-20(3,4)18(23)24/h5-12H,1-4H3,(H,21,22)(H,23,24). The first kappa shape index (κ1) is 20.1. The van der Waals surface area contributed by atoms with Crippen molar-refractivity contribution in [1.29, 1.82) is 0 Å². The van der Waals surface area contributed by atoms with E-state index in [1.54, 1.807) is 48.5 Å². The van der Waals surface area contributed by atoms with Crippen molar-refractivity contribution < 1.29 is 34.0 Å². The molecule has 27 heavy (non-hydrogen) atoms. The molecule has 0 amide bonds. The number of benzene rings is 2. The van der Waals surface area contributed by atoms with E-state index in [-0.39, 0.29) is 0 Å². The Hall–Kier alpha value is -3.22. The number of aliphatic carboxylic acids is 2. The molecular weight excluding hydrogens is 352 g/mol. The molecule has 0 spiro atoms. The number of rotatable bonds is 8. The molecule has 7 nitrogen and oxygen atoms in total. The lowest BCUT2D eigenvalue weighted by Crippen LogP contribution is -2.37. The zero-order valence-electron chi connectivity index (χ0n) is 15.6. The summed E-state index contributed by atoms with van der Waals surface area (Å²) in [5.74, 6) is -0.221. The van der Waals surface area contributed by atoms with Gasteiger partial charge in [-0.3, -0.25) is 0 Å². The monoisotopic (exact) mass is 374 g/mol. The third-order valence-corrected chi connectivity index (χ3v) is 3.66. The van der Waals surface area contributed by atoms with Gasteiger partial charge in [-0.25, -0.2) is 9.59 Å². The van der Waals surface area contributed by atoms with Crippen LogP contribution < -0.4 is 14.2 Å². The second-order valence-corrected chi connectivity index (χ2v) is 6.88. The maximum absolute atomic E-state index is 11.1. The van der Waals surface area contributed by atoms with Crippen LogP contribution in [-0.2, 0) is 9.59 Å². The molecule has 0 aromatic heterocycles. The molecular formula is C20H22O7. The topological polar surface area (TPSA) is 102 Å². The Morgan fingerprint density at radius 2 is 0.889 bits per heavy atom. The second-order valence-electron chi connectivity index (χ2n) is 6.88. The maximum Gasteiger partial charge on any atom is 0.347 e. The van der Waals surface area contributed by atoms with Crippen molar-refractivity contribution in [2.24, 2.45) is 0 Å². The predicted molar refractivity (Wildman–Crippen MR) is 97.6 cm³/mol. The largest absolute Gasteiger partial charge is 0.478 e. The van der Waals surface area contributed by atoms with Crippen LogP contribution >= 0.6 is 0 Å². The van der Waals surface area contributed by atoms with Crippen LogP contribution in [0.3, 0.4) is 0 Å². The van der Waals surface area contributed by atoms with Gasteiger partial charge < -0.3 is 24.4 Å². The minimum absolute atomic E-state index is 0.411. The van der Waals surface area contributed by atoms with E-state index in [0.717, 1.165) is 0 Å². The van der Waals surface area contributed by atoms with Gasteiger partial charge in [-0.15, -0.1) is 0 Å². The molecule has 0 saturated heterocycles. The molecule has 0 heterocycles. The molecule has 0 saturated carbocycles. The Balaban J connectivity index is 2.01. The van der Waals surface area contributed by atoms with E-state index in [0.29, 0.717) is 23.0 Å². The van der Waals surface area contributed by atoms with E-state index in [1.165, 1.54) is 27.7 Å². The third-order valence-electron chi connectivity index (χ3n) is 3.66. The highest BCUT2D eigenvalue weighted by molar-refractivity contribution is 5.77. The summed E-state index contributed by atoms with van der Waals surface area (Å²) in [7, 11) is 0. The fourth-order valence-electron chi connectivity index (χ4n) is 1.96. The molecule has 2 aromatic carbocycles. The van der Waals surface area contributed by atoms with Crippen molar-refractivity contribution in [3.8, 4) is 23.0 Å². The molecule has 0 fully saturated rings. The van der Waals surface area contributed by atoms with Gasteiger partial charge in [0.1, 0.15) is 23.0 Å². The Morgan fingerprint density at radius 1 is 0.630 bits per heavy atom. The van der Waals surface area contributed by atoms with Gasteiger partial charge >= 0.3 is 11.9 Å². The molecule has 0 bridgehead atoms.